The van der Waals surface area contributed by atoms with Gasteiger partial charge in [-0.2, -0.15) is 0 Å². The van der Waals surface area contributed by atoms with E-state index in [1.807, 2.05) is 13.8 Å². The minimum Gasteiger partial charge on any atom is -0.0683 e. The first-order valence-corrected chi connectivity index (χ1v) is 16.9. The van der Waals surface area contributed by atoms with Crippen LogP contribution in [0.3, 0.4) is 0 Å². The molecule has 0 amide bonds. The second-order valence-corrected chi connectivity index (χ2v) is 11.6. The van der Waals surface area contributed by atoms with Gasteiger partial charge in [-0.25, -0.2) is 0 Å². The highest BCUT2D eigenvalue weighted by Gasteiger charge is 2.22. The molecule has 8 rings (SSSR count). The molecule has 0 heteroatoms. The zero-order valence-electron chi connectivity index (χ0n) is 27.5. The van der Waals surface area contributed by atoms with Gasteiger partial charge in [0.15, 0.2) is 0 Å². The number of hydrogen-bond donors (Lipinski definition) is 0. The van der Waals surface area contributed by atoms with E-state index in [1.165, 1.54) is 76.8 Å². The molecule has 0 unspecified atom stereocenters. The van der Waals surface area contributed by atoms with Gasteiger partial charge in [-0.1, -0.05) is 208 Å². The van der Waals surface area contributed by atoms with Crippen molar-refractivity contribution in [3.8, 4) is 22.3 Å². The van der Waals surface area contributed by atoms with E-state index in [2.05, 4.69) is 194 Å². The maximum atomic E-state index is 2.33. The third-order valence-corrected chi connectivity index (χ3v) is 8.87. The molecule has 0 bridgehead atoms. The van der Waals surface area contributed by atoms with Crippen LogP contribution in [0.5, 0.6) is 0 Å². The van der Waals surface area contributed by atoms with Crippen molar-refractivity contribution in [2.45, 2.75) is 13.8 Å². The van der Waals surface area contributed by atoms with Crippen molar-refractivity contribution in [2.75, 3.05) is 0 Å². The van der Waals surface area contributed by atoms with Gasteiger partial charge in [-0.15, -0.1) is 0 Å². The van der Waals surface area contributed by atoms with Gasteiger partial charge in [-0.05, 0) is 76.8 Å². The Hall–Kier alpha value is -5.98. The molecular weight excluding hydrogens is 577 g/mol. The lowest BCUT2D eigenvalue weighted by atomic mass is 9.80. The van der Waals surface area contributed by atoms with Crippen LogP contribution in [0.4, 0.5) is 0 Å². The predicted octanol–water partition coefficient (Wildman–Crippen LogP) is 13.8. The Bertz CT molecular complexity index is 2190. The smallest absolute Gasteiger partial charge is 0.000763 e. The summed E-state index contributed by atoms with van der Waals surface area (Å²) in [6.07, 6.45) is 9.18. The molecule has 0 aliphatic heterocycles. The first-order valence-electron chi connectivity index (χ1n) is 16.9. The molecule has 8 aromatic carbocycles. The van der Waals surface area contributed by atoms with Crippen LogP contribution < -0.4 is 0 Å². The summed E-state index contributed by atoms with van der Waals surface area (Å²) in [6, 6.07) is 60.9. The van der Waals surface area contributed by atoms with Crippen LogP contribution in [-0.2, 0) is 0 Å². The molecule has 0 nitrogen and oxygen atoms in total. The summed E-state index contributed by atoms with van der Waals surface area (Å²) in [7, 11) is 0. The lowest BCUT2D eigenvalue weighted by molar-refractivity contribution is 1.50. The highest BCUT2D eigenvalue weighted by molar-refractivity contribution is 6.29. The second kappa shape index (κ2) is 14.2. The normalized spacial score (nSPS) is 11.4. The lowest BCUT2D eigenvalue weighted by Gasteiger charge is -2.23. The van der Waals surface area contributed by atoms with E-state index in [-0.39, 0.29) is 0 Å². The Morgan fingerprint density at radius 1 is 0.292 bits per heavy atom. The maximum absolute atomic E-state index is 2.33. The van der Waals surface area contributed by atoms with Crippen molar-refractivity contribution in [2.24, 2.45) is 0 Å². The maximum Gasteiger partial charge on any atom is -0.000763 e. The summed E-state index contributed by atoms with van der Waals surface area (Å²) in [6.45, 7) is 4.00. The van der Waals surface area contributed by atoms with E-state index in [9.17, 15) is 0 Å². The van der Waals surface area contributed by atoms with Crippen LogP contribution in [-0.4, -0.2) is 0 Å². The quantitative estimate of drug-likeness (QED) is 0.129. The van der Waals surface area contributed by atoms with Gasteiger partial charge in [0.05, 0.1) is 0 Å². The van der Waals surface area contributed by atoms with Gasteiger partial charge in [0.2, 0.25) is 0 Å². The molecule has 0 saturated carbocycles. The molecule has 8 aromatic rings. The third-order valence-electron chi connectivity index (χ3n) is 8.87. The van der Waals surface area contributed by atoms with Crippen LogP contribution in [0.1, 0.15) is 36.1 Å². The first kappa shape index (κ1) is 30.7. The van der Waals surface area contributed by atoms with Crippen molar-refractivity contribution in [1.82, 2.24) is 0 Å². The topological polar surface area (TPSA) is 0 Å². The Morgan fingerprint density at radius 2 is 0.583 bits per heavy atom. The van der Waals surface area contributed by atoms with Gasteiger partial charge < -0.3 is 0 Å². The third kappa shape index (κ3) is 5.85. The molecule has 0 spiro atoms. The summed E-state index contributed by atoms with van der Waals surface area (Å²) in [4.78, 5) is 0. The summed E-state index contributed by atoms with van der Waals surface area (Å²) in [5, 5.41) is 7.51. The second-order valence-electron chi connectivity index (χ2n) is 11.6. The molecular formula is C48H38. The summed E-state index contributed by atoms with van der Waals surface area (Å²) in [5.74, 6) is 0. The Morgan fingerprint density at radius 3 is 0.938 bits per heavy atom. The van der Waals surface area contributed by atoms with E-state index < -0.39 is 0 Å². The van der Waals surface area contributed by atoms with E-state index in [1.54, 1.807) is 0 Å². The Balaban J connectivity index is 0.00000179. The molecule has 0 aromatic heterocycles. The lowest BCUT2D eigenvalue weighted by Crippen LogP contribution is -1.97. The molecule has 0 atom stereocenters. The fraction of sp³-hybridized carbons (Fsp3) is 0.0417. The van der Waals surface area contributed by atoms with E-state index in [0.717, 1.165) is 0 Å². The molecule has 230 valence electrons. The van der Waals surface area contributed by atoms with Crippen molar-refractivity contribution in [3.05, 3.63) is 192 Å². The predicted molar refractivity (Wildman–Crippen MR) is 212 cm³/mol. The summed E-state index contributed by atoms with van der Waals surface area (Å²) >= 11 is 0. The summed E-state index contributed by atoms with van der Waals surface area (Å²) < 4.78 is 0. The molecule has 0 aliphatic rings. The van der Waals surface area contributed by atoms with Gasteiger partial charge in [0, 0.05) is 0 Å². The average Bonchev–Trinajstić information content (AvgIpc) is 3.17. The van der Waals surface area contributed by atoms with Crippen molar-refractivity contribution < 1.29 is 0 Å². The monoisotopic (exact) mass is 614 g/mol. The van der Waals surface area contributed by atoms with Gasteiger partial charge >= 0.3 is 0 Å². The first-order chi connectivity index (χ1) is 23.9. The number of benzene rings is 8. The van der Waals surface area contributed by atoms with Crippen molar-refractivity contribution in [3.63, 3.8) is 0 Å². The van der Waals surface area contributed by atoms with E-state index >= 15 is 0 Å². The fourth-order valence-corrected chi connectivity index (χ4v) is 6.84. The average molecular weight is 615 g/mol. The SMILES string of the molecule is C(=C\c1c2ccccc2c(/C=C/c2ccccc2)c2c(-c3ccccc3)c3ccccc3c(-c3ccccc3)c12)/c1ccccc1.CC. The van der Waals surface area contributed by atoms with Gasteiger partial charge in [-0.3, -0.25) is 0 Å². The molecule has 48 heavy (non-hydrogen) atoms. The van der Waals surface area contributed by atoms with Crippen LogP contribution in [0, 0.1) is 0 Å². The molecule has 0 heterocycles. The summed E-state index contributed by atoms with van der Waals surface area (Å²) in [5.41, 5.74) is 9.77. The minimum absolute atomic E-state index is 1.18. The molecule has 0 N–H and O–H groups in total. The molecule has 0 aliphatic carbocycles. The van der Waals surface area contributed by atoms with E-state index in [0.29, 0.717) is 0 Å². The van der Waals surface area contributed by atoms with Crippen LogP contribution in [0.2, 0.25) is 0 Å². The fourth-order valence-electron chi connectivity index (χ4n) is 6.84. The zero-order valence-corrected chi connectivity index (χ0v) is 27.5. The van der Waals surface area contributed by atoms with Crippen molar-refractivity contribution >= 4 is 56.6 Å². The minimum atomic E-state index is 1.18. The Kier molecular flexibility index (Phi) is 9.07. The van der Waals surface area contributed by atoms with E-state index in [4.69, 9.17) is 0 Å². The molecule has 0 saturated heterocycles. The van der Waals surface area contributed by atoms with Gasteiger partial charge in [0.1, 0.15) is 0 Å². The largest absolute Gasteiger partial charge is 0.0683 e. The Labute approximate surface area is 284 Å². The number of hydrogen-bond acceptors (Lipinski definition) is 0. The van der Waals surface area contributed by atoms with Gasteiger partial charge in [0.25, 0.3) is 0 Å². The van der Waals surface area contributed by atoms with Crippen LogP contribution in [0.25, 0.3) is 78.9 Å². The highest BCUT2D eigenvalue weighted by Crippen LogP contribution is 2.49. The number of rotatable bonds is 6. The van der Waals surface area contributed by atoms with Crippen LogP contribution in [0.15, 0.2) is 170 Å². The highest BCUT2D eigenvalue weighted by atomic mass is 14.3. The molecule has 0 radical (unpaired) electrons. The van der Waals surface area contributed by atoms with Crippen LogP contribution >= 0.6 is 0 Å². The molecule has 0 fully saturated rings. The van der Waals surface area contributed by atoms with Crippen molar-refractivity contribution in [1.29, 1.82) is 0 Å². The standard InChI is InChI=1S/C46H32.C2H6/c1-5-17-33(18-6-1)29-31-41-37-25-13-14-26-38(37)42(32-30-34-19-7-2-8-20-34)46-44(36-23-11-4-12-24-36)40-28-16-15-27-39(40)43(45(41)46)35-21-9-3-10-22-35;1-2/h1-32H;1-2H3/b31-29+,32-30+;. The number of fused-ring (bicyclic) bond motifs is 3. The zero-order chi connectivity index (χ0) is 32.7.